The van der Waals surface area contributed by atoms with E-state index >= 15 is 0 Å². The standard InChI is InChI=1S/C19H14ClF2N3O2/c20-16-14(22)6-5-12-11(8-23-17(12)16)7-15-18(26)25(19(27)24-15)9-10-3-1-2-4-13(10)21/h1-6,8,15,23H,7,9H2,(H,24,27)/t15-/m1/s1. The van der Waals surface area contributed by atoms with Crippen molar-refractivity contribution in [1.82, 2.24) is 15.2 Å². The highest BCUT2D eigenvalue weighted by Crippen LogP contribution is 2.29. The van der Waals surface area contributed by atoms with Crippen LogP contribution in [0.15, 0.2) is 42.6 Å². The number of hydrogen-bond acceptors (Lipinski definition) is 2. The molecule has 0 aliphatic carbocycles. The first-order valence-electron chi connectivity index (χ1n) is 8.25. The molecule has 138 valence electrons. The number of benzene rings is 2. The molecule has 1 aromatic heterocycles. The van der Waals surface area contributed by atoms with E-state index in [9.17, 15) is 18.4 Å². The van der Waals surface area contributed by atoms with Gasteiger partial charge in [0.25, 0.3) is 5.91 Å². The summed E-state index contributed by atoms with van der Waals surface area (Å²) in [5.41, 5.74) is 1.42. The number of aromatic amines is 1. The second-order valence-electron chi connectivity index (χ2n) is 6.32. The summed E-state index contributed by atoms with van der Waals surface area (Å²) in [6.07, 6.45) is 1.84. The number of aromatic nitrogens is 1. The van der Waals surface area contributed by atoms with Crippen molar-refractivity contribution in [3.63, 3.8) is 0 Å². The van der Waals surface area contributed by atoms with Gasteiger partial charge in [0.2, 0.25) is 0 Å². The number of urea groups is 1. The predicted octanol–water partition coefficient (Wildman–Crippen LogP) is 3.76. The van der Waals surface area contributed by atoms with Crippen molar-refractivity contribution in [2.75, 3.05) is 0 Å². The fourth-order valence-electron chi connectivity index (χ4n) is 3.25. The molecule has 1 fully saturated rings. The Hall–Kier alpha value is -2.93. The summed E-state index contributed by atoms with van der Waals surface area (Å²) in [4.78, 5) is 28.7. The molecule has 2 heterocycles. The molecule has 1 saturated heterocycles. The molecule has 0 unspecified atom stereocenters. The Morgan fingerprint density at radius 3 is 2.59 bits per heavy atom. The lowest BCUT2D eigenvalue weighted by atomic mass is 10.0. The Morgan fingerprint density at radius 2 is 1.81 bits per heavy atom. The Balaban J connectivity index is 1.56. The monoisotopic (exact) mass is 389 g/mol. The van der Waals surface area contributed by atoms with E-state index in [0.717, 1.165) is 10.5 Å². The molecule has 1 aliphatic rings. The smallest absolute Gasteiger partial charge is 0.325 e. The van der Waals surface area contributed by atoms with E-state index in [4.69, 9.17) is 11.6 Å². The molecule has 0 spiro atoms. The molecule has 2 aromatic carbocycles. The fraction of sp³-hybridized carbons (Fsp3) is 0.158. The lowest BCUT2D eigenvalue weighted by Crippen LogP contribution is -2.32. The van der Waals surface area contributed by atoms with Crippen molar-refractivity contribution >= 4 is 34.4 Å². The summed E-state index contributed by atoms with van der Waals surface area (Å²) in [6, 6.07) is 7.45. The zero-order valence-corrected chi connectivity index (χ0v) is 14.7. The van der Waals surface area contributed by atoms with Gasteiger partial charge in [-0.3, -0.25) is 9.69 Å². The van der Waals surface area contributed by atoms with Crippen LogP contribution in [0.4, 0.5) is 13.6 Å². The lowest BCUT2D eigenvalue weighted by Gasteiger charge is -2.13. The third-order valence-electron chi connectivity index (χ3n) is 4.65. The van der Waals surface area contributed by atoms with Crippen molar-refractivity contribution in [3.8, 4) is 0 Å². The third kappa shape index (κ3) is 3.04. The number of carbonyl (C=O) groups excluding carboxylic acids is 2. The fourth-order valence-corrected chi connectivity index (χ4v) is 3.47. The number of nitrogens with one attached hydrogen (secondary N) is 2. The first-order valence-corrected chi connectivity index (χ1v) is 8.62. The van der Waals surface area contributed by atoms with Crippen LogP contribution in [-0.4, -0.2) is 27.9 Å². The third-order valence-corrected chi connectivity index (χ3v) is 5.02. The van der Waals surface area contributed by atoms with Gasteiger partial charge in [0.05, 0.1) is 12.1 Å². The normalized spacial score (nSPS) is 17.0. The number of halogens is 3. The minimum Gasteiger partial charge on any atom is -0.360 e. The number of nitrogens with zero attached hydrogens (tertiary/aromatic N) is 1. The van der Waals surface area contributed by atoms with Crippen LogP contribution in [0.1, 0.15) is 11.1 Å². The lowest BCUT2D eigenvalue weighted by molar-refractivity contribution is -0.127. The second-order valence-corrected chi connectivity index (χ2v) is 6.70. The molecule has 1 atom stereocenters. The Labute approximate surface area is 157 Å². The highest BCUT2D eigenvalue weighted by Gasteiger charge is 2.38. The van der Waals surface area contributed by atoms with Crippen LogP contribution in [-0.2, 0) is 17.8 Å². The maximum Gasteiger partial charge on any atom is 0.325 e. The van der Waals surface area contributed by atoms with Gasteiger partial charge in [-0.1, -0.05) is 29.8 Å². The molecule has 1 aliphatic heterocycles. The minimum absolute atomic E-state index is 0.0262. The maximum absolute atomic E-state index is 13.8. The number of hydrogen-bond donors (Lipinski definition) is 2. The van der Waals surface area contributed by atoms with Crippen molar-refractivity contribution in [3.05, 3.63) is 70.4 Å². The van der Waals surface area contributed by atoms with Crippen LogP contribution < -0.4 is 5.32 Å². The van der Waals surface area contributed by atoms with Crippen LogP contribution >= 0.6 is 11.6 Å². The van der Waals surface area contributed by atoms with Gasteiger partial charge in [0.1, 0.15) is 22.7 Å². The van der Waals surface area contributed by atoms with Gasteiger partial charge in [-0.2, -0.15) is 0 Å². The molecule has 3 aromatic rings. The average Bonchev–Trinajstić information content (AvgIpc) is 3.17. The Bertz CT molecular complexity index is 1070. The zero-order chi connectivity index (χ0) is 19.1. The topological polar surface area (TPSA) is 65.2 Å². The van der Waals surface area contributed by atoms with Crippen LogP contribution in [0, 0.1) is 11.6 Å². The molecule has 5 nitrogen and oxygen atoms in total. The largest absolute Gasteiger partial charge is 0.360 e. The first-order chi connectivity index (χ1) is 13.0. The average molecular weight is 390 g/mol. The minimum atomic E-state index is -0.785. The summed E-state index contributed by atoms with van der Waals surface area (Å²) in [5.74, 6) is -1.46. The van der Waals surface area contributed by atoms with E-state index in [1.807, 2.05) is 0 Å². The van der Waals surface area contributed by atoms with Crippen LogP contribution in [0.3, 0.4) is 0 Å². The van der Waals surface area contributed by atoms with Crippen molar-refractivity contribution < 1.29 is 18.4 Å². The van der Waals surface area contributed by atoms with Crippen LogP contribution in [0.5, 0.6) is 0 Å². The highest BCUT2D eigenvalue weighted by atomic mass is 35.5. The summed E-state index contributed by atoms with van der Waals surface area (Å²) >= 11 is 5.95. The zero-order valence-electron chi connectivity index (χ0n) is 13.9. The molecular formula is C19H14ClF2N3O2. The van der Waals surface area contributed by atoms with Gasteiger partial charge in [0.15, 0.2) is 0 Å². The second kappa shape index (κ2) is 6.66. The Kier molecular flexibility index (Phi) is 4.31. The predicted molar refractivity (Wildman–Crippen MR) is 96.2 cm³/mol. The number of rotatable bonds is 4. The van der Waals surface area contributed by atoms with E-state index < -0.39 is 29.6 Å². The Morgan fingerprint density at radius 1 is 1.04 bits per heavy atom. The molecule has 4 rings (SSSR count). The van der Waals surface area contributed by atoms with Crippen molar-refractivity contribution in [2.24, 2.45) is 0 Å². The van der Waals surface area contributed by atoms with E-state index in [2.05, 4.69) is 10.3 Å². The number of imide groups is 1. The van der Waals surface area contributed by atoms with Gasteiger partial charge in [0, 0.05) is 23.6 Å². The number of amides is 3. The maximum atomic E-state index is 13.8. The van der Waals surface area contributed by atoms with Gasteiger partial charge >= 0.3 is 6.03 Å². The molecule has 0 radical (unpaired) electrons. The summed E-state index contributed by atoms with van der Waals surface area (Å²) in [7, 11) is 0. The summed E-state index contributed by atoms with van der Waals surface area (Å²) < 4.78 is 27.4. The molecule has 0 saturated carbocycles. The van der Waals surface area contributed by atoms with E-state index in [0.29, 0.717) is 10.9 Å². The number of H-pyrrole nitrogens is 1. The summed E-state index contributed by atoms with van der Waals surface area (Å²) in [5, 5.41) is 3.27. The molecule has 0 bridgehead atoms. The van der Waals surface area contributed by atoms with E-state index in [-0.39, 0.29) is 23.6 Å². The van der Waals surface area contributed by atoms with Gasteiger partial charge in [-0.05, 0) is 23.8 Å². The SMILES string of the molecule is O=C1N[C@H](Cc2c[nH]c3c(Cl)c(F)ccc23)C(=O)N1Cc1ccccc1F. The van der Waals surface area contributed by atoms with E-state index in [1.54, 1.807) is 24.4 Å². The van der Waals surface area contributed by atoms with Crippen molar-refractivity contribution in [2.45, 2.75) is 19.0 Å². The number of fused-ring (bicyclic) bond motifs is 1. The molecule has 27 heavy (non-hydrogen) atoms. The molecule has 8 heteroatoms. The first kappa shape index (κ1) is 17.5. The molecular weight excluding hydrogens is 376 g/mol. The van der Waals surface area contributed by atoms with Gasteiger partial charge in [-0.25, -0.2) is 13.6 Å². The summed E-state index contributed by atoms with van der Waals surface area (Å²) in [6.45, 7) is -0.140. The molecule has 3 amide bonds. The van der Waals surface area contributed by atoms with Gasteiger partial charge < -0.3 is 10.3 Å². The van der Waals surface area contributed by atoms with Crippen LogP contribution in [0.25, 0.3) is 10.9 Å². The van der Waals surface area contributed by atoms with E-state index in [1.165, 1.54) is 18.2 Å². The quantitative estimate of drug-likeness (QED) is 0.667. The molecule has 2 N–H and O–H groups in total. The van der Waals surface area contributed by atoms with Gasteiger partial charge in [-0.15, -0.1) is 0 Å². The highest BCUT2D eigenvalue weighted by molar-refractivity contribution is 6.35. The number of carbonyl (C=O) groups is 2. The van der Waals surface area contributed by atoms with Crippen LogP contribution in [0.2, 0.25) is 5.02 Å². The van der Waals surface area contributed by atoms with Crippen molar-refractivity contribution in [1.29, 1.82) is 0 Å².